The van der Waals surface area contributed by atoms with Crippen LogP contribution in [-0.2, 0) is 4.79 Å². The molecule has 0 aliphatic heterocycles. The lowest BCUT2D eigenvalue weighted by molar-refractivity contribution is -0.110. The highest BCUT2D eigenvalue weighted by atomic mass is 16.5. The molecule has 0 aliphatic rings. The summed E-state index contributed by atoms with van der Waals surface area (Å²) < 4.78 is 10.2. The standard InChI is InChI=1S/C19H18O4/c1-22-18-11-4-14(5-12-18)3-8-16(20)9-6-15-7-10-17(21)13-19(15)23-2/h3-13,21H,1-2H3/b8-3+,9-6+. The highest BCUT2D eigenvalue weighted by Gasteiger charge is 2.01. The van der Waals surface area contributed by atoms with Crippen molar-refractivity contribution in [1.82, 2.24) is 0 Å². The maximum absolute atomic E-state index is 11.9. The summed E-state index contributed by atoms with van der Waals surface area (Å²) in [6.07, 6.45) is 6.33. The molecule has 1 N–H and O–H groups in total. The van der Waals surface area contributed by atoms with Crippen LogP contribution < -0.4 is 9.47 Å². The monoisotopic (exact) mass is 310 g/mol. The number of carbonyl (C=O) groups is 1. The van der Waals surface area contributed by atoms with Crippen molar-refractivity contribution in [2.75, 3.05) is 14.2 Å². The number of hydrogen-bond acceptors (Lipinski definition) is 4. The largest absolute Gasteiger partial charge is 0.508 e. The van der Waals surface area contributed by atoms with Crippen LogP contribution in [0.15, 0.2) is 54.6 Å². The first-order valence-corrected chi connectivity index (χ1v) is 7.03. The fourth-order valence-corrected chi connectivity index (χ4v) is 1.96. The summed E-state index contributed by atoms with van der Waals surface area (Å²) in [7, 11) is 3.12. The van der Waals surface area contributed by atoms with Gasteiger partial charge >= 0.3 is 0 Å². The van der Waals surface area contributed by atoms with E-state index < -0.39 is 0 Å². The van der Waals surface area contributed by atoms with Crippen LogP contribution in [0.2, 0.25) is 0 Å². The normalized spacial score (nSPS) is 11.0. The van der Waals surface area contributed by atoms with Gasteiger partial charge in [0.2, 0.25) is 0 Å². The molecule has 0 atom stereocenters. The van der Waals surface area contributed by atoms with Gasteiger partial charge in [-0.1, -0.05) is 18.2 Å². The first-order valence-electron chi connectivity index (χ1n) is 7.03. The molecule has 0 saturated heterocycles. The molecule has 0 spiro atoms. The molecular formula is C19H18O4. The van der Waals surface area contributed by atoms with Gasteiger partial charge in [0, 0.05) is 11.6 Å². The summed E-state index contributed by atoms with van der Waals surface area (Å²) in [6, 6.07) is 12.1. The van der Waals surface area contributed by atoms with Crippen LogP contribution >= 0.6 is 0 Å². The summed E-state index contributed by atoms with van der Waals surface area (Å²) in [6.45, 7) is 0. The lowest BCUT2D eigenvalue weighted by Gasteiger charge is -2.04. The topological polar surface area (TPSA) is 55.8 Å². The van der Waals surface area contributed by atoms with E-state index in [0.29, 0.717) is 5.75 Å². The second-order valence-electron chi connectivity index (χ2n) is 4.77. The highest BCUT2D eigenvalue weighted by Crippen LogP contribution is 2.24. The van der Waals surface area contributed by atoms with Crippen molar-refractivity contribution in [2.45, 2.75) is 0 Å². The third-order valence-corrected chi connectivity index (χ3v) is 3.20. The van der Waals surface area contributed by atoms with Crippen molar-refractivity contribution in [3.8, 4) is 17.2 Å². The maximum Gasteiger partial charge on any atom is 0.178 e. The third kappa shape index (κ3) is 4.74. The molecule has 2 aromatic carbocycles. The molecule has 0 unspecified atom stereocenters. The number of benzene rings is 2. The number of aromatic hydroxyl groups is 1. The number of rotatable bonds is 6. The number of phenolic OH excluding ortho intramolecular Hbond substituents is 1. The van der Waals surface area contributed by atoms with Crippen LogP contribution in [0.1, 0.15) is 11.1 Å². The molecule has 0 heterocycles. The van der Waals surface area contributed by atoms with Crippen LogP contribution in [0, 0.1) is 0 Å². The Hall–Kier alpha value is -3.01. The Morgan fingerprint density at radius 3 is 2.30 bits per heavy atom. The molecule has 2 aromatic rings. The lowest BCUT2D eigenvalue weighted by atomic mass is 10.1. The van der Waals surface area contributed by atoms with Crippen molar-refractivity contribution < 1.29 is 19.4 Å². The molecule has 0 fully saturated rings. The summed E-state index contributed by atoms with van der Waals surface area (Å²) >= 11 is 0. The number of ketones is 1. The molecule has 0 saturated carbocycles. The van der Waals surface area contributed by atoms with Crippen molar-refractivity contribution >= 4 is 17.9 Å². The van der Waals surface area contributed by atoms with Gasteiger partial charge in [-0.15, -0.1) is 0 Å². The first-order chi connectivity index (χ1) is 11.1. The van der Waals surface area contributed by atoms with E-state index in [2.05, 4.69) is 0 Å². The van der Waals surface area contributed by atoms with Crippen LogP contribution in [0.5, 0.6) is 17.2 Å². The summed E-state index contributed by atoms with van der Waals surface area (Å²) in [5.41, 5.74) is 1.63. The van der Waals surface area contributed by atoms with E-state index in [0.717, 1.165) is 16.9 Å². The van der Waals surface area contributed by atoms with Gasteiger partial charge in [0.05, 0.1) is 14.2 Å². The zero-order valence-electron chi connectivity index (χ0n) is 13.0. The predicted molar refractivity (Wildman–Crippen MR) is 90.7 cm³/mol. The molecule has 0 radical (unpaired) electrons. The average Bonchev–Trinajstić information content (AvgIpc) is 2.59. The van der Waals surface area contributed by atoms with Crippen molar-refractivity contribution in [2.24, 2.45) is 0 Å². The Kier molecular flexibility index (Phi) is 5.58. The molecular weight excluding hydrogens is 292 g/mol. The quantitative estimate of drug-likeness (QED) is 0.827. The minimum atomic E-state index is -0.143. The van der Waals surface area contributed by atoms with Crippen LogP contribution in [-0.4, -0.2) is 25.1 Å². The number of allylic oxidation sites excluding steroid dienone is 2. The third-order valence-electron chi connectivity index (χ3n) is 3.20. The van der Waals surface area contributed by atoms with Gasteiger partial charge in [0.1, 0.15) is 17.2 Å². The molecule has 0 amide bonds. The van der Waals surface area contributed by atoms with Gasteiger partial charge in [-0.25, -0.2) is 0 Å². The zero-order chi connectivity index (χ0) is 16.7. The van der Waals surface area contributed by atoms with Gasteiger partial charge in [-0.3, -0.25) is 4.79 Å². The Labute approximate surface area is 135 Å². The lowest BCUT2D eigenvalue weighted by Crippen LogP contribution is -1.88. The Morgan fingerprint density at radius 1 is 0.957 bits per heavy atom. The van der Waals surface area contributed by atoms with Gasteiger partial charge in [-0.2, -0.15) is 0 Å². The fourth-order valence-electron chi connectivity index (χ4n) is 1.96. The Morgan fingerprint density at radius 2 is 1.65 bits per heavy atom. The minimum Gasteiger partial charge on any atom is -0.508 e. The number of ether oxygens (including phenoxy) is 2. The van der Waals surface area contributed by atoms with Crippen LogP contribution in [0.25, 0.3) is 12.2 Å². The number of hydrogen-bond donors (Lipinski definition) is 1. The van der Waals surface area contributed by atoms with Crippen LogP contribution in [0.4, 0.5) is 0 Å². The Balaban J connectivity index is 2.05. The predicted octanol–water partition coefficient (Wildman–Crippen LogP) is 3.71. The molecule has 0 aromatic heterocycles. The second-order valence-corrected chi connectivity index (χ2v) is 4.77. The molecule has 0 bridgehead atoms. The van der Waals surface area contributed by atoms with E-state index in [-0.39, 0.29) is 11.5 Å². The van der Waals surface area contributed by atoms with Gasteiger partial charge in [0.15, 0.2) is 5.78 Å². The SMILES string of the molecule is COc1ccc(/C=C/C(=O)/C=C/c2ccc(O)cc2OC)cc1. The summed E-state index contributed by atoms with van der Waals surface area (Å²) in [5.74, 6) is 1.25. The van der Waals surface area contributed by atoms with E-state index in [1.165, 1.54) is 25.3 Å². The van der Waals surface area contributed by atoms with Crippen molar-refractivity contribution in [3.05, 3.63) is 65.7 Å². The minimum absolute atomic E-state index is 0.115. The van der Waals surface area contributed by atoms with Gasteiger partial charge in [0.25, 0.3) is 0 Å². The molecule has 4 nitrogen and oxygen atoms in total. The second kappa shape index (κ2) is 7.84. The first kappa shape index (κ1) is 16.4. The number of methoxy groups -OCH3 is 2. The maximum atomic E-state index is 11.9. The van der Waals surface area contributed by atoms with Gasteiger partial charge < -0.3 is 14.6 Å². The molecule has 4 heteroatoms. The molecule has 2 rings (SSSR count). The van der Waals surface area contributed by atoms with Crippen LogP contribution in [0.3, 0.4) is 0 Å². The number of phenols is 1. The van der Waals surface area contributed by atoms with E-state index in [1.54, 1.807) is 31.4 Å². The molecule has 23 heavy (non-hydrogen) atoms. The highest BCUT2D eigenvalue weighted by molar-refractivity contribution is 6.04. The zero-order valence-corrected chi connectivity index (χ0v) is 13.0. The van der Waals surface area contributed by atoms with E-state index >= 15 is 0 Å². The van der Waals surface area contributed by atoms with E-state index in [9.17, 15) is 9.90 Å². The van der Waals surface area contributed by atoms with E-state index in [4.69, 9.17) is 9.47 Å². The summed E-state index contributed by atoms with van der Waals surface area (Å²) in [5, 5.41) is 9.40. The summed E-state index contributed by atoms with van der Waals surface area (Å²) in [4.78, 5) is 11.9. The smallest absolute Gasteiger partial charge is 0.178 e. The number of carbonyl (C=O) groups excluding carboxylic acids is 1. The molecule has 118 valence electrons. The van der Waals surface area contributed by atoms with Gasteiger partial charge in [-0.05, 0) is 48.1 Å². The van der Waals surface area contributed by atoms with E-state index in [1.807, 2.05) is 24.3 Å². The Bertz CT molecular complexity index is 728. The molecule has 0 aliphatic carbocycles. The fraction of sp³-hybridized carbons (Fsp3) is 0.105. The average molecular weight is 310 g/mol. The van der Waals surface area contributed by atoms with Crippen molar-refractivity contribution in [1.29, 1.82) is 0 Å². The van der Waals surface area contributed by atoms with Crippen molar-refractivity contribution in [3.63, 3.8) is 0 Å².